The third-order valence-electron chi connectivity index (χ3n) is 4.97. The number of benzene rings is 2. The molecule has 0 aliphatic carbocycles. The molecule has 1 amide bonds. The van der Waals surface area contributed by atoms with Crippen LogP contribution in [-0.4, -0.2) is 42.7 Å². The number of hydrogen-bond acceptors (Lipinski definition) is 6. The van der Waals surface area contributed by atoms with Crippen molar-refractivity contribution in [1.82, 2.24) is 10.0 Å². The van der Waals surface area contributed by atoms with Crippen LogP contribution in [0.2, 0.25) is 0 Å². The summed E-state index contributed by atoms with van der Waals surface area (Å²) in [5.74, 6) is 1.01. The summed E-state index contributed by atoms with van der Waals surface area (Å²) in [7, 11) is 2.20. The molecule has 0 aliphatic heterocycles. The zero-order chi connectivity index (χ0) is 22.6. The van der Waals surface area contributed by atoms with Crippen LogP contribution in [0.5, 0.6) is 17.2 Å². The Kier molecular flexibility index (Phi) is 7.33. The number of methoxy groups -OCH3 is 3. The molecule has 1 atom stereocenters. The van der Waals surface area contributed by atoms with Gasteiger partial charge in [0.05, 0.1) is 32.3 Å². The van der Waals surface area contributed by atoms with Crippen molar-refractivity contribution in [2.24, 2.45) is 0 Å². The molecule has 2 aromatic carbocycles. The molecule has 1 unspecified atom stereocenters. The summed E-state index contributed by atoms with van der Waals surface area (Å²) in [6.07, 6.45) is 0. The lowest BCUT2D eigenvalue weighted by molar-refractivity contribution is 0.0939. The Morgan fingerprint density at radius 2 is 1.53 bits per heavy atom. The fraction of sp³-hybridized carbons (Fsp3) is 0.381. The highest BCUT2D eigenvalue weighted by Crippen LogP contribution is 2.39. The van der Waals surface area contributed by atoms with Crippen LogP contribution >= 0.6 is 0 Å². The van der Waals surface area contributed by atoms with Crippen LogP contribution in [0.25, 0.3) is 0 Å². The number of carbonyl (C=O) groups is 1. The van der Waals surface area contributed by atoms with E-state index in [2.05, 4.69) is 10.0 Å². The molecular weight excluding hydrogens is 408 g/mol. The van der Waals surface area contributed by atoms with E-state index in [0.29, 0.717) is 28.4 Å². The van der Waals surface area contributed by atoms with E-state index < -0.39 is 22.0 Å². The molecule has 164 valence electrons. The van der Waals surface area contributed by atoms with Crippen LogP contribution in [0.15, 0.2) is 29.2 Å². The lowest BCUT2D eigenvalue weighted by Crippen LogP contribution is -2.28. The maximum absolute atomic E-state index is 12.9. The van der Waals surface area contributed by atoms with Gasteiger partial charge in [-0.2, -0.15) is 0 Å². The number of ether oxygens (including phenoxy) is 3. The molecule has 0 heterocycles. The van der Waals surface area contributed by atoms with Crippen molar-refractivity contribution in [1.29, 1.82) is 0 Å². The standard InChI is InChI=1S/C21H28N2O6S/c1-12-8-16(11-19(13(12)2)30(25,26)22-4)21(24)23-14(3)15-9-17(27-5)20(29-7)18(10-15)28-6/h8-11,14,22H,1-7H3,(H,23,24). The molecule has 0 spiro atoms. The first-order chi connectivity index (χ1) is 14.1. The predicted octanol–water partition coefficient (Wildman–Crippen LogP) is 2.73. The molecule has 2 N–H and O–H groups in total. The van der Waals surface area contributed by atoms with Gasteiger partial charge in [0.1, 0.15) is 0 Å². The Balaban J connectivity index is 2.39. The molecule has 0 fully saturated rings. The maximum atomic E-state index is 12.9. The molecule has 0 saturated carbocycles. The molecule has 0 radical (unpaired) electrons. The Bertz CT molecular complexity index is 1020. The number of rotatable bonds is 8. The van der Waals surface area contributed by atoms with E-state index >= 15 is 0 Å². The van der Waals surface area contributed by atoms with Crippen molar-refractivity contribution in [2.75, 3.05) is 28.4 Å². The zero-order valence-corrected chi connectivity index (χ0v) is 19.1. The van der Waals surface area contributed by atoms with Crippen molar-refractivity contribution in [2.45, 2.75) is 31.7 Å². The van der Waals surface area contributed by atoms with Crippen LogP contribution in [0.1, 0.15) is 40.0 Å². The molecule has 0 saturated heterocycles. The van der Waals surface area contributed by atoms with Crippen LogP contribution < -0.4 is 24.2 Å². The Labute approximate surface area is 177 Å². The summed E-state index contributed by atoms with van der Waals surface area (Å²) in [4.78, 5) is 13.0. The van der Waals surface area contributed by atoms with Crippen molar-refractivity contribution in [3.8, 4) is 17.2 Å². The van der Waals surface area contributed by atoms with E-state index in [0.717, 1.165) is 5.56 Å². The van der Waals surface area contributed by atoms with Gasteiger partial charge in [-0.05, 0) is 68.8 Å². The Hall–Kier alpha value is -2.78. The highest BCUT2D eigenvalue weighted by Gasteiger charge is 2.22. The van der Waals surface area contributed by atoms with Gasteiger partial charge in [-0.15, -0.1) is 0 Å². The topological polar surface area (TPSA) is 103 Å². The number of sulfonamides is 1. The SMILES string of the molecule is CNS(=O)(=O)c1cc(C(=O)NC(C)c2cc(OC)c(OC)c(OC)c2)cc(C)c1C. The van der Waals surface area contributed by atoms with Crippen LogP contribution in [0, 0.1) is 13.8 Å². The van der Waals surface area contributed by atoms with E-state index in [4.69, 9.17) is 14.2 Å². The van der Waals surface area contributed by atoms with Gasteiger partial charge in [0.15, 0.2) is 11.5 Å². The van der Waals surface area contributed by atoms with Gasteiger partial charge in [0, 0.05) is 5.56 Å². The second-order valence-electron chi connectivity index (χ2n) is 6.78. The summed E-state index contributed by atoms with van der Waals surface area (Å²) in [5, 5.41) is 2.89. The smallest absolute Gasteiger partial charge is 0.251 e. The monoisotopic (exact) mass is 436 g/mol. The average Bonchev–Trinajstić information content (AvgIpc) is 2.73. The molecular formula is C21H28N2O6S. The first-order valence-electron chi connectivity index (χ1n) is 9.25. The summed E-state index contributed by atoms with van der Waals surface area (Å²) in [5.41, 5.74) is 2.30. The lowest BCUT2D eigenvalue weighted by Gasteiger charge is -2.19. The summed E-state index contributed by atoms with van der Waals surface area (Å²) in [6, 6.07) is 6.15. The zero-order valence-electron chi connectivity index (χ0n) is 18.2. The first kappa shape index (κ1) is 23.5. The van der Waals surface area contributed by atoms with E-state index in [1.54, 1.807) is 32.0 Å². The van der Waals surface area contributed by atoms with Gasteiger partial charge in [-0.1, -0.05) is 0 Å². The normalized spacial score (nSPS) is 12.2. The van der Waals surface area contributed by atoms with Crippen LogP contribution in [0.4, 0.5) is 0 Å². The number of amides is 1. The Morgan fingerprint density at radius 1 is 0.967 bits per heavy atom. The summed E-state index contributed by atoms with van der Waals surface area (Å²) >= 11 is 0. The van der Waals surface area contributed by atoms with Crippen molar-refractivity contribution in [3.05, 3.63) is 46.5 Å². The number of nitrogens with one attached hydrogen (secondary N) is 2. The van der Waals surface area contributed by atoms with Gasteiger partial charge in [0.25, 0.3) is 5.91 Å². The molecule has 30 heavy (non-hydrogen) atoms. The molecule has 0 bridgehead atoms. The quantitative estimate of drug-likeness (QED) is 0.660. The van der Waals surface area contributed by atoms with Crippen molar-refractivity contribution >= 4 is 15.9 Å². The van der Waals surface area contributed by atoms with Gasteiger partial charge < -0.3 is 19.5 Å². The first-order valence-corrected chi connectivity index (χ1v) is 10.7. The lowest BCUT2D eigenvalue weighted by atomic mass is 10.0. The number of aryl methyl sites for hydroxylation is 1. The van der Waals surface area contributed by atoms with Gasteiger partial charge in [-0.25, -0.2) is 13.1 Å². The molecule has 2 rings (SSSR count). The molecule has 0 aliphatic rings. The largest absolute Gasteiger partial charge is 0.493 e. The van der Waals surface area contributed by atoms with E-state index in [9.17, 15) is 13.2 Å². The van der Waals surface area contributed by atoms with E-state index in [-0.39, 0.29) is 10.5 Å². The fourth-order valence-electron chi connectivity index (χ4n) is 3.06. The molecule has 0 aromatic heterocycles. The summed E-state index contributed by atoms with van der Waals surface area (Å²) < 4.78 is 43.0. The molecule has 9 heteroatoms. The van der Waals surface area contributed by atoms with Crippen LogP contribution in [-0.2, 0) is 10.0 Å². The minimum atomic E-state index is -3.69. The third kappa shape index (κ3) is 4.68. The highest BCUT2D eigenvalue weighted by atomic mass is 32.2. The van der Waals surface area contributed by atoms with Crippen LogP contribution in [0.3, 0.4) is 0 Å². The van der Waals surface area contributed by atoms with E-state index in [1.165, 1.54) is 34.4 Å². The molecule has 8 nitrogen and oxygen atoms in total. The van der Waals surface area contributed by atoms with E-state index in [1.807, 2.05) is 6.92 Å². The minimum Gasteiger partial charge on any atom is -0.493 e. The maximum Gasteiger partial charge on any atom is 0.251 e. The second-order valence-corrected chi connectivity index (χ2v) is 8.63. The van der Waals surface area contributed by atoms with Gasteiger partial charge in [-0.3, -0.25) is 4.79 Å². The Morgan fingerprint density at radius 3 is 2.00 bits per heavy atom. The number of carbonyl (C=O) groups excluding carboxylic acids is 1. The van der Waals surface area contributed by atoms with Gasteiger partial charge >= 0.3 is 0 Å². The fourth-order valence-corrected chi connectivity index (χ4v) is 4.13. The second kappa shape index (κ2) is 9.36. The minimum absolute atomic E-state index is 0.0792. The van der Waals surface area contributed by atoms with Gasteiger partial charge in [0.2, 0.25) is 15.8 Å². The number of hydrogen-bond donors (Lipinski definition) is 2. The molecule has 2 aromatic rings. The third-order valence-corrected chi connectivity index (χ3v) is 6.52. The van der Waals surface area contributed by atoms with Crippen molar-refractivity contribution in [3.63, 3.8) is 0 Å². The summed E-state index contributed by atoms with van der Waals surface area (Å²) in [6.45, 7) is 5.29. The predicted molar refractivity (Wildman–Crippen MR) is 114 cm³/mol. The highest BCUT2D eigenvalue weighted by molar-refractivity contribution is 7.89. The van der Waals surface area contributed by atoms with Crippen molar-refractivity contribution < 1.29 is 27.4 Å². The average molecular weight is 437 g/mol.